The lowest BCUT2D eigenvalue weighted by Gasteiger charge is -2.19. The second-order valence-electron chi connectivity index (χ2n) is 6.75. The minimum absolute atomic E-state index is 0.0987. The van der Waals surface area contributed by atoms with Gasteiger partial charge < -0.3 is 9.32 Å². The second kappa shape index (κ2) is 7.52. The van der Waals surface area contributed by atoms with Crippen LogP contribution in [0.4, 0.5) is 13.2 Å². The molecule has 3 aromatic rings. The van der Waals surface area contributed by atoms with Crippen molar-refractivity contribution in [1.82, 2.24) is 10.2 Å². The van der Waals surface area contributed by atoms with Gasteiger partial charge in [0.15, 0.2) is 6.04 Å². The maximum absolute atomic E-state index is 12.7. The van der Waals surface area contributed by atoms with Crippen LogP contribution >= 0.6 is 0 Å². The molecule has 27 heavy (non-hydrogen) atoms. The van der Waals surface area contributed by atoms with Crippen molar-refractivity contribution >= 4 is 0 Å². The van der Waals surface area contributed by atoms with Gasteiger partial charge in [-0.1, -0.05) is 29.8 Å². The van der Waals surface area contributed by atoms with Gasteiger partial charge in [-0.15, -0.1) is 10.2 Å². The van der Waals surface area contributed by atoms with Gasteiger partial charge in [-0.3, -0.25) is 0 Å². The molecule has 142 valence electrons. The number of nitrogens with one attached hydrogen (secondary N) is 1. The van der Waals surface area contributed by atoms with Crippen LogP contribution in [0.3, 0.4) is 0 Å². The molecule has 1 unspecified atom stereocenters. The Morgan fingerprint density at radius 2 is 1.78 bits per heavy atom. The van der Waals surface area contributed by atoms with Crippen molar-refractivity contribution < 1.29 is 22.5 Å². The lowest BCUT2D eigenvalue weighted by molar-refractivity contribution is -0.925. The van der Waals surface area contributed by atoms with Gasteiger partial charge in [0.25, 0.3) is 5.89 Å². The highest BCUT2D eigenvalue weighted by atomic mass is 19.4. The van der Waals surface area contributed by atoms with E-state index in [0.717, 1.165) is 33.7 Å². The van der Waals surface area contributed by atoms with Crippen LogP contribution in [0.2, 0.25) is 0 Å². The molecule has 1 N–H and O–H groups in total. The number of nitrogens with zero attached hydrogens (tertiary/aromatic N) is 2. The molecule has 0 spiro atoms. The van der Waals surface area contributed by atoms with Crippen molar-refractivity contribution in [2.45, 2.75) is 32.6 Å². The van der Waals surface area contributed by atoms with E-state index in [1.165, 1.54) is 12.1 Å². The summed E-state index contributed by atoms with van der Waals surface area (Å²) >= 11 is 0. The van der Waals surface area contributed by atoms with E-state index in [4.69, 9.17) is 4.42 Å². The Morgan fingerprint density at radius 1 is 1.07 bits per heavy atom. The number of halogens is 3. The first kappa shape index (κ1) is 19.1. The van der Waals surface area contributed by atoms with Gasteiger partial charge in [0.1, 0.15) is 6.54 Å². The van der Waals surface area contributed by atoms with Gasteiger partial charge in [0.2, 0.25) is 5.89 Å². The SMILES string of the molecule is Cc1cccc(-c2nnc([C@@H](C)[NH+](C)Cc3ccc(C(F)(F)F)cc3)o2)c1. The lowest BCUT2D eigenvalue weighted by Crippen LogP contribution is -3.07. The Kier molecular flexibility index (Phi) is 5.32. The molecule has 3 rings (SSSR count). The van der Waals surface area contributed by atoms with Crippen LogP contribution in [0.5, 0.6) is 0 Å². The third-order valence-electron chi connectivity index (χ3n) is 4.58. The minimum Gasteiger partial charge on any atom is -0.415 e. The molecular formula is C20H21F3N3O+. The molecule has 2 atom stereocenters. The average Bonchev–Trinajstić information content (AvgIpc) is 3.11. The molecule has 0 saturated heterocycles. The van der Waals surface area contributed by atoms with E-state index in [2.05, 4.69) is 10.2 Å². The molecule has 0 fully saturated rings. The van der Waals surface area contributed by atoms with Crippen molar-refractivity contribution in [3.05, 3.63) is 71.1 Å². The first-order valence-corrected chi connectivity index (χ1v) is 8.63. The van der Waals surface area contributed by atoms with Crippen LogP contribution in [0.25, 0.3) is 11.5 Å². The number of aryl methyl sites for hydroxylation is 1. The van der Waals surface area contributed by atoms with Gasteiger partial charge in [0, 0.05) is 11.1 Å². The van der Waals surface area contributed by atoms with Crippen molar-refractivity contribution in [3.63, 3.8) is 0 Å². The molecule has 7 heteroatoms. The van der Waals surface area contributed by atoms with Gasteiger partial charge in [-0.25, -0.2) is 0 Å². The molecule has 0 aliphatic carbocycles. The first-order chi connectivity index (χ1) is 12.7. The highest BCUT2D eigenvalue weighted by Gasteiger charge is 2.30. The van der Waals surface area contributed by atoms with E-state index in [0.29, 0.717) is 18.3 Å². The Balaban J connectivity index is 1.69. The predicted molar refractivity (Wildman–Crippen MR) is 94.9 cm³/mol. The third kappa shape index (κ3) is 4.54. The van der Waals surface area contributed by atoms with Crippen LogP contribution in [0, 0.1) is 6.92 Å². The lowest BCUT2D eigenvalue weighted by atomic mass is 10.1. The van der Waals surface area contributed by atoms with Crippen molar-refractivity contribution in [2.24, 2.45) is 0 Å². The number of rotatable bonds is 5. The normalized spacial score (nSPS) is 14.1. The zero-order chi connectivity index (χ0) is 19.6. The molecular weight excluding hydrogens is 355 g/mol. The molecule has 1 heterocycles. The second-order valence-corrected chi connectivity index (χ2v) is 6.75. The summed E-state index contributed by atoms with van der Waals surface area (Å²) in [5.41, 5.74) is 2.13. The van der Waals surface area contributed by atoms with E-state index in [1.54, 1.807) is 0 Å². The van der Waals surface area contributed by atoms with Gasteiger partial charge >= 0.3 is 6.18 Å². The fraction of sp³-hybridized carbons (Fsp3) is 0.300. The topological polar surface area (TPSA) is 43.4 Å². The first-order valence-electron chi connectivity index (χ1n) is 8.63. The summed E-state index contributed by atoms with van der Waals surface area (Å²) < 4.78 is 43.8. The Morgan fingerprint density at radius 3 is 2.41 bits per heavy atom. The maximum Gasteiger partial charge on any atom is 0.416 e. The third-order valence-corrected chi connectivity index (χ3v) is 4.58. The number of hydrogen-bond acceptors (Lipinski definition) is 3. The van der Waals surface area contributed by atoms with Crippen molar-refractivity contribution in [1.29, 1.82) is 0 Å². The molecule has 1 aromatic heterocycles. The number of alkyl halides is 3. The molecule has 2 aromatic carbocycles. The summed E-state index contributed by atoms with van der Waals surface area (Å²) in [6, 6.07) is 12.9. The Hall–Kier alpha value is -2.67. The predicted octanol–water partition coefficient (Wildman–Crippen LogP) is 3.84. The molecule has 0 bridgehead atoms. The largest absolute Gasteiger partial charge is 0.416 e. The minimum atomic E-state index is -4.32. The average molecular weight is 376 g/mol. The number of quaternary nitrogens is 1. The Labute approximate surface area is 155 Å². The van der Waals surface area contributed by atoms with Gasteiger partial charge in [-0.05, 0) is 38.1 Å². The number of hydrogen-bond donors (Lipinski definition) is 1. The fourth-order valence-corrected chi connectivity index (χ4v) is 2.80. The van der Waals surface area contributed by atoms with Crippen LogP contribution in [0.1, 0.15) is 35.5 Å². The quantitative estimate of drug-likeness (QED) is 0.736. The summed E-state index contributed by atoms with van der Waals surface area (Å²) in [6.45, 7) is 4.49. The van der Waals surface area contributed by atoms with Crippen LogP contribution in [0.15, 0.2) is 52.9 Å². The van der Waals surface area contributed by atoms with Gasteiger partial charge in [-0.2, -0.15) is 13.2 Å². The maximum atomic E-state index is 12.7. The van der Waals surface area contributed by atoms with Crippen LogP contribution < -0.4 is 4.90 Å². The summed E-state index contributed by atoms with van der Waals surface area (Å²) in [7, 11) is 1.94. The van der Waals surface area contributed by atoms with E-state index in [9.17, 15) is 13.2 Å². The Bertz CT molecular complexity index is 903. The summed E-state index contributed by atoms with van der Waals surface area (Å²) in [5, 5.41) is 8.27. The highest BCUT2D eigenvalue weighted by molar-refractivity contribution is 5.53. The summed E-state index contributed by atoms with van der Waals surface area (Å²) in [4.78, 5) is 1.04. The zero-order valence-corrected chi connectivity index (χ0v) is 15.3. The van der Waals surface area contributed by atoms with Crippen LogP contribution in [-0.4, -0.2) is 17.2 Å². The molecule has 0 aliphatic heterocycles. The monoisotopic (exact) mass is 376 g/mol. The zero-order valence-electron chi connectivity index (χ0n) is 15.3. The van der Waals surface area contributed by atoms with Gasteiger partial charge in [0.05, 0.1) is 12.6 Å². The molecule has 0 radical (unpaired) electrons. The van der Waals surface area contributed by atoms with E-state index in [1.807, 2.05) is 45.2 Å². The fourth-order valence-electron chi connectivity index (χ4n) is 2.80. The molecule has 0 aliphatic rings. The summed E-state index contributed by atoms with van der Waals surface area (Å²) in [6.07, 6.45) is -4.32. The van der Waals surface area contributed by atoms with Crippen molar-refractivity contribution in [2.75, 3.05) is 7.05 Å². The van der Waals surface area contributed by atoms with E-state index >= 15 is 0 Å². The smallest absolute Gasteiger partial charge is 0.415 e. The van der Waals surface area contributed by atoms with E-state index in [-0.39, 0.29) is 6.04 Å². The van der Waals surface area contributed by atoms with E-state index < -0.39 is 11.7 Å². The number of aromatic nitrogens is 2. The summed E-state index contributed by atoms with van der Waals surface area (Å²) in [5.74, 6) is 0.957. The molecule has 0 saturated carbocycles. The standard InChI is InChI=1S/C20H20F3N3O/c1-13-5-4-6-16(11-13)19-25-24-18(27-19)14(2)26(3)12-15-7-9-17(10-8-15)20(21,22)23/h4-11,14H,12H2,1-3H3/p+1/t14-/m1/s1. The van der Waals surface area contributed by atoms with Crippen LogP contribution in [-0.2, 0) is 12.7 Å². The molecule has 4 nitrogen and oxygen atoms in total. The highest BCUT2D eigenvalue weighted by Crippen LogP contribution is 2.29. The van der Waals surface area contributed by atoms with Crippen molar-refractivity contribution in [3.8, 4) is 11.5 Å². The number of benzene rings is 2. The molecule has 0 amide bonds.